The minimum atomic E-state index is -4.18. The number of aliphatic carboxylic acids is 1. The van der Waals surface area contributed by atoms with Crippen molar-refractivity contribution in [1.82, 2.24) is 4.31 Å². The highest BCUT2D eigenvalue weighted by atomic mass is 32.2. The normalized spacial score (nSPS) is 17.2. The average Bonchev–Trinajstić information content (AvgIpc) is 3.14. The van der Waals surface area contributed by atoms with Gasteiger partial charge >= 0.3 is 11.9 Å². The van der Waals surface area contributed by atoms with Gasteiger partial charge in [-0.05, 0) is 24.6 Å². The number of nitrogens with zero attached hydrogens (tertiary/aromatic N) is 1. The van der Waals surface area contributed by atoms with Gasteiger partial charge in [-0.15, -0.1) is 0 Å². The number of hydrogen-bond donors (Lipinski definition) is 1. The first-order valence-corrected chi connectivity index (χ1v) is 9.90. The Morgan fingerprint density at radius 1 is 1.11 bits per heavy atom. The summed E-state index contributed by atoms with van der Waals surface area (Å²) in [6, 6.07) is 11.7. The lowest BCUT2D eigenvalue weighted by Crippen LogP contribution is -2.34. The van der Waals surface area contributed by atoms with Crippen molar-refractivity contribution in [2.75, 3.05) is 13.7 Å². The molecule has 0 aliphatic carbocycles. The van der Waals surface area contributed by atoms with Crippen molar-refractivity contribution in [2.24, 2.45) is 0 Å². The van der Waals surface area contributed by atoms with Crippen molar-refractivity contribution in [3.8, 4) is 0 Å². The van der Waals surface area contributed by atoms with Gasteiger partial charge in [-0.2, -0.15) is 4.31 Å². The molecule has 1 unspecified atom stereocenters. The molecular formula is C20H19NO6S. The number of benzene rings is 2. The van der Waals surface area contributed by atoms with Crippen molar-refractivity contribution in [1.29, 1.82) is 0 Å². The van der Waals surface area contributed by atoms with E-state index < -0.39 is 28.0 Å². The van der Waals surface area contributed by atoms with Gasteiger partial charge in [0.2, 0.25) is 10.0 Å². The molecule has 0 saturated heterocycles. The number of carboxylic acid groups (broad SMARTS) is 1. The molecule has 8 heteroatoms. The standard InChI is InChI=1S/C20H19NO6S/c1-13-7-9-14(10-8-13)18-16(19(22)23)11-12-21(18)28(25,26)17-6-4-3-5-15(17)20(24)27-2/h3-11,18H,12H2,1-2H3,(H,22,23). The van der Waals surface area contributed by atoms with Crippen molar-refractivity contribution >= 4 is 22.0 Å². The number of hydrogen-bond acceptors (Lipinski definition) is 5. The predicted octanol–water partition coefficient (Wildman–Crippen LogP) is 2.54. The fourth-order valence-electron chi connectivity index (χ4n) is 3.19. The Balaban J connectivity index is 2.12. The number of rotatable bonds is 5. The quantitative estimate of drug-likeness (QED) is 0.773. The monoisotopic (exact) mass is 401 g/mol. The number of ether oxygens (including phenoxy) is 1. The number of carboxylic acids is 1. The van der Waals surface area contributed by atoms with Crippen LogP contribution in [0.25, 0.3) is 0 Å². The third-order valence-electron chi connectivity index (χ3n) is 4.59. The van der Waals surface area contributed by atoms with Crippen LogP contribution in [0.2, 0.25) is 0 Å². The SMILES string of the molecule is COC(=O)c1ccccc1S(=O)(=O)N1CC=C(C(=O)O)C1c1ccc(C)cc1. The molecule has 0 amide bonds. The first kappa shape index (κ1) is 19.8. The molecule has 1 aliphatic heterocycles. The average molecular weight is 401 g/mol. The van der Waals surface area contributed by atoms with E-state index in [1.807, 2.05) is 6.92 Å². The largest absolute Gasteiger partial charge is 0.478 e. The van der Waals surface area contributed by atoms with Crippen LogP contribution >= 0.6 is 0 Å². The topological polar surface area (TPSA) is 101 Å². The van der Waals surface area contributed by atoms with Gasteiger partial charge in [0.15, 0.2) is 0 Å². The van der Waals surface area contributed by atoms with Crippen LogP contribution in [0.3, 0.4) is 0 Å². The maximum absolute atomic E-state index is 13.4. The van der Waals surface area contributed by atoms with Gasteiger partial charge in [0.25, 0.3) is 0 Å². The summed E-state index contributed by atoms with van der Waals surface area (Å²) in [4.78, 5) is 23.5. The molecule has 1 atom stereocenters. The van der Waals surface area contributed by atoms with Crippen LogP contribution < -0.4 is 0 Å². The maximum Gasteiger partial charge on any atom is 0.339 e. The summed E-state index contributed by atoms with van der Waals surface area (Å²) in [5.41, 5.74) is 1.38. The summed E-state index contributed by atoms with van der Waals surface area (Å²) in [5, 5.41) is 9.57. The Bertz CT molecular complexity index is 1060. The van der Waals surface area contributed by atoms with E-state index in [0.717, 1.165) is 9.87 Å². The van der Waals surface area contributed by atoms with E-state index in [1.165, 1.54) is 37.5 Å². The van der Waals surface area contributed by atoms with Crippen LogP contribution in [0.15, 0.2) is 65.1 Å². The minimum absolute atomic E-state index is 0.0250. The highest BCUT2D eigenvalue weighted by Crippen LogP contribution is 2.38. The van der Waals surface area contributed by atoms with Crippen molar-refractivity contribution < 1.29 is 27.9 Å². The van der Waals surface area contributed by atoms with E-state index in [9.17, 15) is 23.1 Å². The Labute approximate surface area is 162 Å². The Morgan fingerprint density at radius 2 is 1.75 bits per heavy atom. The first-order chi connectivity index (χ1) is 13.3. The molecule has 0 saturated carbocycles. The predicted molar refractivity (Wildman–Crippen MR) is 101 cm³/mol. The number of esters is 1. The third kappa shape index (κ3) is 3.44. The molecule has 0 spiro atoms. The van der Waals surface area contributed by atoms with Gasteiger partial charge in [-0.3, -0.25) is 0 Å². The molecular weight excluding hydrogens is 382 g/mol. The van der Waals surface area contributed by atoms with Gasteiger partial charge in [-0.1, -0.05) is 48.0 Å². The lowest BCUT2D eigenvalue weighted by Gasteiger charge is -2.26. The van der Waals surface area contributed by atoms with E-state index in [-0.39, 0.29) is 22.6 Å². The van der Waals surface area contributed by atoms with Gasteiger partial charge in [0.05, 0.1) is 29.2 Å². The van der Waals surface area contributed by atoms with Gasteiger partial charge in [0, 0.05) is 6.54 Å². The second-order valence-electron chi connectivity index (χ2n) is 6.34. The molecule has 28 heavy (non-hydrogen) atoms. The van der Waals surface area contributed by atoms with Crippen LogP contribution in [0.1, 0.15) is 27.5 Å². The summed E-state index contributed by atoms with van der Waals surface area (Å²) in [6.45, 7) is 1.77. The molecule has 7 nitrogen and oxygen atoms in total. The number of aryl methyl sites for hydroxylation is 1. The summed E-state index contributed by atoms with van der Waals surface area (Å²) < 4.78 is 32.5. The molecule has 2 aromatic rings. The maximum atomic E-state index is 13.4. The summed E-state index contributed by atoms with van der Waals surface area (Å²) in [7, 11) is -3.01. The Hall–Kier alpha value is -2.97. The molecule has 1 N–H and O–H groups in total. The second kappa shape index (κ2) is 7.57. The Kier molecular flexibility index (Phi) is 5.35. The van der Waals surface area contributed by atoms with Crippen LogP contribution in [-0.4, -0.2) is 43.4 Å². The van der Waals surface area contributed by atoms with Crippen LogP contribution in [0, 0.1) is 6.92 Å². The zero-order chi connectivity index (χ0) is 20.5. The Morgan fingerprint density at radius 3 is 2.36 bits per heavy atom. The van der Waals surface area contributed by atoms with Gasteiger partial charge in [0.1, 0.15) is 0 Å². The minimum Gasteiger partial charge on any atom is -0.478 e. The molecule has 3 rings (SSSR count). The molecule has 2 aromatic carbocycles. The number of methoxy groups -OCH3 is 1. The zero-order valence-corrected chi connectivity index (χ0v) is 16.1. The fraction of sp³-hybridized carbons (Fsp3) is 0.200. The van der Waals surface area contributed by atoms with E-state index in [1.54, 1.807) is 24.3 Å². The van der Waals surface area contributed by atoms with Crippen molar-refractivity contribution in [3.63, 3.8) is 0 Å². The smallest absolute Gasteiger partial charge is 0.339 e. The number of sulfonamides is 1. The van der Waals surface area contributed by atoms with Crippen LogP contribution in [0.5, 0.6) is 0 Å². The molecule has 0 fully saturated rings. The van der Waals surface area contributed by atoms with Gasteiger partial charge < -0.3 is 9.84 Å². The lowest BCUT2D eigenvalue weighted by molar-refractivity contribution is -0.133. The highest BCUT2D eigenvalue weighted by Gasteiger charge is 2.41. The fourth-order valence-corrected chi connectivity index (χ4v) is 4.91. The molecule has 0 radical (unpaired) electrons. The summed E-state index contributed by atoms with van der Waals surface area (Å²) >= 11 is 0. The van der Waals surface area contributed by atoms with Crippen molar-refractivity contribution in [2.45, 2.75) is 17.9 Å². The third-order valence-corrected chi connectivity index (χ3v) is 6.48. The second-order valence-corrected chi connectivity index (χ2v) is 8.20. The van der Waals surface area contributed by atoms with E-state index in [0.29, 0.717) is 5.56 Å². The van der Waals surface area contributed by atoms with Gasteiger partial charge in [-0.25, -0.2) is 18.0 Å². The molecule has 0 aromatic heterocycles. The highest BCUT2D eigenvalue weighted by molar-refractivity contribution is 7.89. The van der Waals surface area contributed by atoms with E-state index in [4.69, 9.17) is 0 Å². The summed E-state index contributed by atoms with van der Waals surface area (Å²) in [6.07, 6.45) is 1.38. The first-order valence-electron chi connectivity index (χ1n) is 8.46. The number of carbonyl (C=O) groups is 2. The number of carbonyl (C=O) groups excluding carboxylic acids is 1. The lowest BCUT2D eigenvalue weighted by atomic mass is 10.00. The molecule has 0 bridgehead atoms. The van der Waals surface area contributed by atoms with Crippen molar-refractivity contribution in [3.05, 3.63) is 76.9 Å². The molecule has 146 valence electrons. The molecule has 1 heterocycles. The summed E-state index contributed by atoms with van der Waals surface area (Å²) in [5.74, 6) is -1.97. The van der Waals surface area contributed by atoms with Crippen LogP contribution in [-0.2, 0) is 19.6 Å². The van der Waals surface area contributed by atoms with Crippen LogP contribution in [0.4, 0.5) is 0 Å². The van der Waals surface area contributed by atoms with E-state index in [2.05, 4.69) is 4.74 Å². The van der Waals surface area contributed by atoms with E-state index >= 15 is 0 Å². The zero-order valence-electron chi connectivity index (χ0n) is 15.3. The molecule has 1 aliphatic rings.